The van der Waals surface area contributed by atoms with Crippen molar-refractivity contribution in [3.8, 4) is 0 Å². The average Bonchev–Trinajstić information content (AvgIpc) is 2.74. The molecule has 4 heteroatoms. The lowest BCUT2D eigenvalue weighted by Crippen LogP contribution is -2.42. The minimum Gasteiger partial charge on any atom is -0.385 e. The van der Waals surface area contributed by atoms with Crippen LogP contribution in [0.3, 0.4) is 0 Å². The van der Waals surface area contributed by atoms with Gasteiger partial charge in [-0.25, -0.2) is 4.98 Å². The molecule has 2 rings (SSSR count). The van der Waals surface area contributed by atoms with Gasteiger partial charge in [0.1, 0.15) is 6.10 Å². The molecule has 2 heterocycles. The number of aromatic nitrogens is 2. The van der Waals surface area contributed by atoms with Gasteiger partial charge in [0.05, 0.1) is 18.2 Å². The highest BCUT2D eigenvalue weighted by Crippen LogP contribution is 2.27. The number of aryl methyl sites for hydroxylation is 1. The van der Waals surface area contributed by atoms with E-state index < -0.39 is 6.10 Å². The Morgan fingerprint density at radius 3 is 3.12 bits per heavy atom. The van der Waals surface area contributed by atoms with E-state index in [2.05, 4.69) is 17.2 Å². The lowest BCUT2D eigenvalue weighted by Gasteiger charge is -2.32. The number of aliphatic hydroxyl groups excluding tert-OH is 1. The van der Waals surface area contributed by atoms with E-state index in [9.17, 15) is 5.11 Å². The van der Waals surface area contributed by atoms with Gasteiger partial charge >= 0.3 is 0 Å². The van der Waals surface area contributed by atoms with E-state index in [1.54, 1.807) is 12.5 Å². The molecule has 1 aromatic heterocycles. The molecule has 2 N–H and O–H groups in total. The normalized spacial score (nSPS) is 27.9. The van der Waals surface area contributed by atoms with Gasteiger partial charge in [-0.1, -0.05) is 13.3 Å². The molecule has 0 spiro atoms. The quantitative estimate of drug-likeness (QED) is 0.810. The Hall–Kier alpha value is -0.870. The summed E-state index contributed by atoms with van der Waals surface area (Å²) in [6.07, 6.45) is 6.53. The van der Waals surface area contributed by atoms with Gasteiger partial charge in [-0.2, -0.15) is 0 Å². The Kier molecular flexibility index (Phi) is 3.61. The van der Waals surface area contributed by atoms with Gasteiger partial charge in [-0.15, -0.1) is 0 Å². The Morgan fingerprint density at radius 1 is 1.69 bits per heavy atom. The molecule has 1 saturated heterocycles. The van der Waals surface area contributed by atoms with Gasteiger partial charge in [0.2, 0.25) is 0 Å². The van der Waals surface area contributed by atoms with Gasteiger partial charge in [0.25, 0.3) is 0 Å². The van der Waals surface area contributed by atoms with E-state index in [-0.39, 0.29) is 6.04 Å². The van der Waals surface area contributed by atoms with Crippen molar-refractivity contribution in [2.75, 3.05) is 6.54 Å². The molecule has 0 radical (unpaired) electrons. The lowest BCUT2D eigenvalue weighted by atomic mass is 9.87. The predicted molar refractivity (Wildman–Crippen MR) is 63.0 cm³/mol. The second-order valence-corrected chi connectivity index (χ2v) is 4.73. The number of nitrogens with one attached hydrogen (secondary N) is 1. The summed E-state index contributed by atoms with van der Waals surface area (Å²) in [5, 5.41) is 13.7. The fourth-order valence-corrected chi connectivity index (χ4v) is 2.50. The number of hydrogen-bond donors (Lipinski definition) is 2. The molecule has 0 amide bonds. The van der Waals surface area contributed by atoms with Crippen molar-refractivity contribution in [3.05, 3.63) is 18.2 Å². The Balaban J connectivity index is 2.04. The maximum Gasteiger partial charge on any atom is 0.111 e. The Morgan fingerprint density at radius 2 is 2.50 bits per heavy atom. The third kappa shape index (κ3) is 2.28. The van der Waals surface area contributed by atoms with Gasteiger partial charge in [-0.3, -0.25) is 0 Å². The molecular formula is C12H21N3O. The summed E-state index contributed by atoms with van der Waals surface area (Å²) in [7, 11) is 1.92. The zero-order valence-electron chi connectivity index (χ0n) is 10.1. The molecule has 1 aliphatic heterocycles. The van der Waals surface area contributed by atoms with Crippen LogP contribution < -0.4 is 5.32 Å². The number of imidazole rings is 1. The van der Waals surface area contributed by atoms with E-state index in [0.717, 1.165) is 24.6 Å². The topological polar surface area (TPSA) is 50.1 Å². The fourth-order valence-electron chi connectivity index (χ4n) is 2.50. The summed E-state index contributed by atoms with van der Waals surface area (Å²) in [6, 6.07) is 0.175. The molecule has 16 heavy (non-hydrogen) atoms. The number of aliphatic hydroxyl groups is 1. The number of piperidine rings is 1. The predicted octanol–water partition coefficient (Wildman–Crippen LogP) is 1.23. The van der Waals surface area contributed by atoms with Crippen LogP contribution in [0.1, 0.15) is 38.0 Å². The molecule has 0 aliphatic carbocycles. The van der Waals surface area contributed by atoms with Crippen LogP contribution in [0.15, 0.2) is 12.5 Å². The highest BCUT2D eigenvalue weighted by molar-refractivity contribution is 5.06. The van der Waals surface area contributed by atoms with E-state index in [0.29, 0.717) is 0 Å². The van der Waals surface area contributed by atoms with Gasteiger partial charge in [0.15, 0.2) is 0 Å². The van der Waals surface area contributed by atoms with Crippen molar-refractivity contribution < 1.29 is 5.11 Å². The zero-order chi connectivity index (χ0) is 11.5. The van der Waals surface area contributed by atoms with Gasteiger partial charge < -0.3 is 15.0 Å². The lowest BCUT2D eigenvalue weighted by molar-refractivity contribution is 0.0920. The third-order valence-electron chi connectivity index (χ3n) is 3.66. The van der Waals surface area contributed by atoms with E-state index in [1.807, 2.05) is 11.6 Å². The maximum absolute atomic E-state index is 10.3. The van der Waals surface area contributed by atoms with Crippen LogP contribution >= 0.6 is 0 Å². The maximum atomic E-state index is 10.3. The van der Waals surface area contributed by atoms with Crippen molar-refractivity contribution in [1.82, 2.24) is 14.9 Å². The van der Waals surface area contributed by atoms with E-state index in [1.165, 1.54) is 12.8 Å². The molecule has 90 valence electrons. The first-order valence-electron chi connectivity index (χ1n) is 6.10. The minimum absolute atomic E-state index is 0.175. The van der Waals surface area contributed by atoms with Crippen LogP contribution in [-0.2, 0) is 7.05 Å². The number of hydrogen-bond acceptors (Lipinski definition) is 3. The van der Waals surface area contributed by atoms with Crippen LogP contribution in [0.25, 0.3) is 0 Å². The summed E-state index contributed by atoms with van der Waals surface area (Å²) in [5.41, 5.74) is 0.897. The van der Waals surface area contributed by atoms with Crippen LogP contribution in [0.4, 0.5) is 0 Å². The van der Waals surface area contributed by atoms with E-state index >= 15 is 0 Å². The molecule has 0 bridgehead atoms. The second-order valence-electron chi connectivity index (χ2n) is 4.73. The van der Waals surface area contributed by atoms with Crippen molar-refractivity contribution >= 4 is 0 Å². The highest BCUT2D eigenvalue weighted by atomic mass is 16.3. The van der Waals surface area contributed by atoms with Gasteiger partial charge in [-0.05, 0) is 25.3 Å². The first-order valence-corrected chi connectivity index (χ1v) is 6.10. The smallest absolute Gasteiger partial charge is 0.111 e. The Bertz CT molecular complexity index is 337. The van der Waals surface area contributed by atoms with E-state index in [4.69, 9.17) is 0 Å². The average molecular weight is 223 g/mol. The first kappa shape index (κ1) is 11.6. The zero-order valence-corrected chi connectivity index (χ0v) is 10.1. The van der Waals surface area contributed by atoms with Crippen LogP contribution in [-0.4, -0.2) is 27.2 Å². The minimum atomic E-state index is -0.443. The molecule has 0 saturated carbocycles. The molecule has 3 atom stereocenters. The molecule has 1 aliphatic rings. The van der Waals surface area contributed by atoms with Crippen LogP contribution in [0, 0.1) is 5.92 Å². The van der Waals surface area contributed by atoms with Crippen molar-refractivity contribution in [2.24, 2.45) is 13.0 Å². The molecule has 1 aromatic rings. The fraction of sp³-hybridized carbons (Fsp3) is 0.750. The summed E-state index contributed by atoms with van der Waals surface area (Å²) in [4.78, 5) is 4.05. The van der Waals surface area contributed by atoms with Crippen molar-refractivity contribution in [3.63, 3.8) is 0 Å². The van der Waals surface area contributed by atoms with Crippen molar-refractivity contribution in [1.29, 1.82) is 0 Å². The summed E-state index contributed by atoms with van der Waals surface area (Å²) < 4.78 is 1.89. The molecule has 3 unspecified atom stereocenters. The number of rotatable bonds is 3. The molecular weight excluding hydrogens is 202 g/mol. The van der Waals surface area contributed by atoms with Crippen LogP contribution in [0.2, 0.25) is 0 Å². The molecule has 4 nitrogen and oxygen atoms in total. The monoisotopic (exact) mass is 223 g/mol. The SMILES string of the molecule is CCC1CCNC(C(O)c2cncn2C)C1. The van der Waals surface area contributed by atoms with Crippen LogP contribution in [0.5, 0.6) is 0 Å². The molecule has 1 fully saturated rings. The summed E-state index contributed by atoms with van der Waals surface area (Å²) >= 11 is 0. The highest BCUT2D eigenvalue weighted by Gasteiger charge is 2.28. The van der Waals surface area contributed by atoms with Crippen molar-refractivity contribution in [2.45, 2.75) is 38.3 Å². The molecule has 0 aromatic carbocycles. The Labute approximate surface area is 96.7 Å². The third-order valence-corrected chi connectivity index (χ3v) is 3.66. The largest absolute Gasteiger partial charge is 0.385 e. The number of nitrogens with zero attached hydrogens (tertiary/aromatic N) is 2. The summed E-state index contributed by atoms with van der Waals surface area (Å²) in [6.45, 7) is 3.24. The summed E-state index contributed by atoms with van der Waals surface area (Å²) in [5.74, 6) is 0.745. The first-order chi connectivity index (χ1) is 7.72. The van der Waals surface area contributed by atoms with Gasteiger partial charge in [0, 0.05) is 13.1 Å². The standard InChI is InChI=1S/C12H21N3O/c1-3-9-4-5-14-10(6-9)12(16)11-7-13-8-15(11)2/h7-10,12,14,16H,3-6H2,1-2H3. The second kappa shape index (κ2) is 4.97.